The first-order chi connectivity index (χ1) is 13.4. The van der Waals surface area contributed by atoms with Crippen LogP contribution in [0.15, 0.2) is 60.7 Å². The molecule has 152 valence electrons. The van der Waals surface area contributed by atoms with Crippen molar-refractivity contribution >= 4 is 8.32 Å². The molecule has 1 aliphatic heterocycles. The quantitative estimate of drug-likeness (QED) is 0.459. The lowest BCUT2D eigenvalue weighted by molar-refractivity contribution is -0.315. The van der Waals surface area contributed by atoms with Crippen LogP contribution >= 0.6 is 0 Å². The molecule has 1 aliphatic rings. The maximum Gasteiger partial charge on any atom is 0.192 e. The van der Waals surface area contributed by atoms with E-state index in [9.17, 15) is 0 Å². The summed E-state index contributed by atoms with van der Waals surface area (Å²) in [6.45, 7) is 13.8. The molecule has 3 rings (SSSR count). The zero-order chi connectivity index (χ0) is 20.4. The predicted octanol–water partition coefficient (Wildman–Crippen LogP) is 6.77. The molecule has 0 aromatic heterocycles. The third kappa shape index (κ3) is 3.28. The Kier molecular flexibility index (Phi) is 6.19. The molecule has 28 heavy (non-hydrogen) atoms. The van der Waals surface area contributed by atoms with Gasteiger partial charge >= 0.3 is 0 Å². The fraction of sp³-hybridized carbons (Fsp3) is 0.520. The van der Waals surface area contributed by atoms with Gasteiger partial charge in [0.2, 0.25) is 0 Å². The van der Waals surface area contributed by atoms with Crippen molar-refractivity contribution in [3.8, 4) is 0 Å². The van der Waals surface area contributed by atoms with Crippen LogP contribution in [0.3, 0.4) is 0 Å². The second-order valence-corrected chi connectivity index (χ2v) is 13.5. The molecule has 1 saturated heterocycles. The van der Waals surface area contributed by atoms with Gasteiger partial charge in [0.15, 0.2) is 8.32 Å². The van der Waals surface area contributed by atoms with Crippen LogP contribution < -0.4 is 0 Å². The smallest absolute Gasteiger partial charge is 0.192 e. The van der Waals surface area contributed by atoms with E-state index in [0.29, 0.717) is 0 Å². The minimum Gasteiger partial charge on any atom is -0.412 e. The first-order valence-electron chi connectivity index (χ1n) is 10.8. The van der Waals surface area contributed by atoms with Crippen LogP contribution in [0, 0.1) is 5.41 Å². The maximum atomic E-state index is 6.85. The number of benzene rings is 2. The molecule has 0 saturated carbocycles. The molecule has 0 aliphatic carbocycles. The van der Waals surface area contributed by atoms with Crippen LogP contribution in [0.5, 0.6) is 0 Å². The molecule has 1 heterocycles. The van der Waals surface area contributed by atoms with Gasteiger partial charge in [0, 0.05) is 5.41 Å². The monoisotopic (exact) mass is 396 g/mol. The number of rotatable bonds is 8. The molecule has 2 aromatic rings. The minimum absolute atomic E-state index is 0.0736. The summed E-state index contributed by atoms with van der Waals surface area (Å²) in [4.78, 5) is 0. The van der Waals surface area contributed by atoms with Gasteiger partial charge in [-0.15, -0.1) is 0 Å². The molecule has 0 spiro atoms. The first kappa shape index (κ1) is 21.3. The summed E-state index contributed by atoms with van der Waals surface area (Å²) < 4.78 is 13.7. The van der Waals surface area contributed by atoms with Gasteiger partial charge in [-0.3, -0.25) is 0 Å². The average molecular weight is 397 g/mol. The molecule has 2 nitrogen and oxygen atoms in total. The normalized spacial score (nSPS) is 21.7. The third-order valence-electron chi connectivity index (χ3n) is 7.08. The molecule has 0 unspecified atom stereocenters. The first-order valence-corrected chi connectivity index (χ1v) is 13.4. The average Bonchev–Trinajstić information content (AvgIpc) is 2.73. The van der Waals surface area contributed by atoms with E-state index in [4.69, 9.17) is 9.16 Å². The second-order valence-electron chi connectivity index (χ2n) is 8.74. The topological polar surface area (TPSA) is 18.5 Å². The van der Waals surface area contributed by atoms with E-state index >= 15 is 0 Å². The van der Waals surface area contributed by atoms with Crippen molar-refractivity contribution in [2.24, 2.45) is 5.41 Å². The summed E-state index contributed by atoms with van der Waals surface area (Å²) in [5.74, 6) is 0. The third-order valence-corrected chi connectivity index (χ3v) is 11.8. The Morgan fingerprint density at radius 3 is 1.64 bits per heavy atom. The van der Waals surface area contributed by atoms with Gasteiger partial charge in [-0.05, 0) is 36.2 Å². The van der Waals surface area contributed by atoms with Crippen molar-refractivity contribution in [1.29, 1.82) is 0 Å². The molecule has 0 radical (unpaired) electrons. The van der Waals surface area contributed by atoms with E-state index in [0.717, 1.165) is 0 Å². The van der Waals surface area contributed by atoms with E-state index in [1.54, 1.807) is 0 Å². The van der Waals surface area contributed by atoms with Gasteiger partial charge < -0.3 is 9.16 Å². The fourth-order valence-corrected chi connectivity index (χ4v) is 8.08. The molecule has 0 N–H and O–H groups in total. The summed E-state index contributed by atoms with van der Waals surface area (Å²) in [6.07, 6.45) is 0.173. The molecular weight excluding hydrogens is 360 g/mol. The van der Waals surface area contributed by atoms with Crippen molar-refractivity contribution in [1.82, 2.24) is 0 Å². The van der Waals surface area contributed by atoms with Gasteiger partial charge in [0.05, 0.1) is 12.2 Å². The van der Waals surface area contributed by atoms with Crippen LogP contribution in [0.25, 0.3) is 0 Å². The van der Waals surface area contributed by atoms with Gasteiger partial charge in [0.25, 0.3) is 0 Å². The summed E-state index contributed by atoms with van der Waals surface area (Å²) >= 11 is 0. The summed E-state index contributed by atoms with van der Waals surface area (Å²) in [5.41, 5.74) is 1.93. The predicted molar refractivity (Wildman–Crippen MR) is 120 cm³/mol. The molecule has 2 aromatic carbocycles. The zero-order valence-corrected chi connectivity index (χ0v) is 19.4. The summed E-state index contributed by atoms with van der Waals surface area (Å²) in [7, 11) is -1.67. The van der Waals surface area contributed by atoms with E-state index in [2.05, 4.69) is 102 Å². The fourth-order valence-electron chi connectivity index (χ4n) is 5.16. The standard InChI is InChI=1S/C25H36O2Si/c1-7-28(8-2,9-3)27-20(4)23-24(5,6)25(26-23,21-16-12-10-13-17-21)22-18-14-11-15-19-22/h10-20,23H,7-9H2,1-6H3/t20-,23-/m0/s1. The molecule has 0 bridgehead atoms. The van der Waals surface area contributed by atoms with E-state index in [1.807, 2.05) is 0 Å². The minimum atomic E-state index is -1.67. The van der Waals surface area contributed by atoms with Crippen molar-refractivity contribution < 1.29 is 9.16 Å². The highest BCUT2D eigenvalue weighted by molar-refractivity contribution is 6.73. The second kappa shape index (κ2) is 8.14. The Morgan fingerprint density at radius 2 is 1.29 bits per heavy atom. The largest absolute Gasteiger partial charge is 0.412 e. The highest BCUT2D eigenvalue weighted by Crippen LogP contribution is 2.61. The lowest BCUT2D eigenvalue weighted by Crippen LogP contribution is -2.68. The highest BCUT2D eigenvalue weighted by Gasteiger charge is 2.65. The Labute approximate surface area is 172 Å². The number of hydrogen-bond acceptors (Lipinski definition) is 2. The zero-order valence-electron chi connectivity index (χ0n) is 18.4. The van der Waals surface area contributed by atoms with Crippen LogP contribution in [0.4, 0.5) is 0 Å². The molecule has 1 fully saturated rings. The van der Waals surface area contributed by atoms with Gasteiger partial charge in [0.1, 0.15) is 5.60 Å². The van der Waals surface area contributed by atoms with Gasteiger partial charge in [-0.1, -0.05) is 95.3 Å². The molecule has 3 heteroatoms. The van der Waals surface area contributed by atoms with Crippen molar-refractivity contribution in [2.45, 2.75) is 77.5 Å². The van der Waals surface area contributed by atoms with Crippen molar-refractivity contribution in [3.63, 3.8) is 0 Å². The summed E-state index contributed by atoms with van der Waals surface area (Å²) in [5, 5.41) is 0. The van der Waals surface area contributed by atoms with Crippen molar-refractivity contribution in [2.75, 3.05) is 0 Å². The lowest BCUT2D eigenvalue weighted by Gasteiger charge is -2.63. The Morgan fingerprint density at radius 1 is 0.857 bits per heavy atom. The molecule has 2 atom stereocenters. The van der Waals surface area contributed by atoms with E-state index in [1.165, 1.54) is 29.3 Å². The SMILES string of the molecule is CC[Si](CC)(CC)O[C@@H](C)[C@@H]1OC(c2ccccc2)(c2ccccc2)C1(C)C. The maximum absolute atomic E-state index is 6.85. The Balaban J connectivity index is 1.96. The van der Waals surface area contributed by atoms with E-state index < -0.39 is 13.9 Å². The van der Waals surface area contributed by atoms with Gasteiger partial charge in [-0.25, -0.2) is 0 Å². The van der Waals surface area contributed by atoms with Crippen LogP contribution in [-0.4, -0.2) is 20.5 Å². The van der Waals surface area contributed by atoms with Crippen LogP contribution in [0.2, 0.25) is 18.1 Å². The lowest BCUT2D eigenvalue weighted by atomic mass is 9.58. The highest BCUT2D eigenvalue weighted by atomic mass is 28.4. The number of hydrogen-bond donors (Lipinski definition) is 0. The van der Waals surface area contributed by atoms with Crippen molar-refractivity contribution in [3.05, 3.63) is 71.8 Å². The number of ether oxygens (including phenoxy) is 1. The summed E-state index contributed by atoms with van der Waals surface area (Å²) in [6, 6.07) is 24.8. The molecule has 0 amide bonds. The van der Waals surface area contributed by atoms with E-state index in [-0.39, 0.29) is 17.6 Å². The Bertz CT molecular complexity index is 705. The Hall–Kier alpha value is -1.42. The van der Waals surface area contributed by atoms with Crippen LogP contribution in [-0.2, 0) is 14.8 Å². The van der Waals surface area contributed by atoms with Crippen LogP contribution in [0.1, 0.15) is 52.7 Å². The van der Waals surface area contributed by atoms with Gasteiger partial charge in [-0.2, -0.15) is 0 Å². The molecular formula is C25H36O2Si.